The van der Waals surface area contributed by atoms with Crippen molar-refractivity contribution in [3.8, 4) is 0 Å². The van der Waals surface area contributed by atoms with Crippen LogP contribution < -0.4 is 5.32 Å². The zero-order valence-corrected chi connectivity index (χ0v) is 12.5. The minimum atomic E-state index is -0.294. The molecule has 1 aromatic rings. The Morgan fingerprint density at radius 2 is 2.35 bits per heavy atom. The molecule has 106 valence electrons. The van der Waals surface area contributed by atoms with E-state index in [9.17, 15) is 4.79 Å². The molecule has 1 amide bonds. The number of pyridine rings is 1. The van der Waals surface area contributed by atoms with Gasteiger partial charge in [0, 0.05) is 30.6 Å². The van der Waals surface area contributed by atoms with Gasteiger partial charge in [-0.3, -0.25) is 9.79 Å². The molecule has 0 saturated carbocycles. The number of hydrogen-bond acceptors (Lipinski definition) is 5. The second-order valence-electron chi connectivity index (χ2n) is 4.75. The van der Waals surface area contributed by atoms with Gasteiger partial charge in [-0.25, -0.2) is 4.98 Å². The first-order valence-corrected chi connectivity index (χ1v) is 7.58. The zero-order valence-electron chi connectivity index (χ0n) is 11.7. The SMILES string of the molecule is C=N/C(=C\SC)C(=O)Nc1ccc(C2CN(C)C2)cn1. The van der Waals surface area contributed by atoms with Crippen molar-refractivity contribution in [1.82, 2.24) is 9.88 Å². The fourth-order valence-electron chi connectivity index (χ4n) is 2.09. The zero-order chi connectivity index (χ0) is 14.5. The molecule has 1 fully saturated rings. The Hall–Kier alpha value is -1.66. The van der Waals surface area contributed by atoms with E-state index in [2.05, 4.69) is 34.0 Å². The highest BCUT2D eigenvalue weighted by molar-refractivity contribution is 8.01. The highest BCUT2D eigenvalue weighted by atomic mass is 32.2. The van der Waals surface area contributed by atoms with Crippen molar-refractivity contribution >= 4 is 30.2 Å². The lowest BCUT2D eigenvalue weighted by Crippen LogP contribution is -2.41. The number of aliphatic imine (C=N–C) groups is 1. The maximum atomic E-state index is 11.9. The molecule has 1 aliphatic rings. The predicted molar refractivity (Wildman–Crippen MR) is 84.3 cm³/mol. The summed E-state index contributed by atoms with van der Waals surface area (Å²) in [6.45, 7) is 5.52. The molecule has 1 N–H and O–H groups in total. The lowest BCUT2D eigenvalue weighted by molar-refractivity contribution is -0.112. The Morgan fingerprint density at radius 1 is 1.60 bits per heavy atom. The molecule has 0 aliphatic carbocycles. The number of nitrogens with zero attached hydrogens (tertiary/aromatic N) is 3. The second-order valence-corrected chi connectivity index (χ2v) is 5.45. The third-order valence-electron chi connectivity index (χ3n) is 3.20. The van der Waals surface area contributed by atoms with Crippen LogP contribution >= 0.6 is 11.8 Å². The van der Waals surface area contributed by atoms with Crippen molar-refractivity contribution in [2.75, 3.05) is 31.7 Å². The summed E-state index contributed by atoms with van der Waals surface area (Å²) in [5, 5.41) is 4.37. The van der Waals surface area contributed by atoms with Crippen LogP contribution in [0.25, 0.3) is 0 Å². The van der Waals surface area contributed by atoms with Gasteiger partial charge in [0.1, 0.15) is 11.5 Å². The van der Waals surface area contributed by atoms with Crippen LogP contribution in [0, 0.1) is 0 Å². The molecule has 0 aromatic carbocycles. The summed E-state index contributed by atoms with van der Waals surface area (Å²) in [4.78, 5) is 22.1. The van der Waals surface area contributed by atoms with E-state index in [0.717, 1.165) is 13.1 Å². The number of hydrogen-bond donors (Lipinski definition) is 1. The maximum Gasteiger partial charge on any atom is 0.275 e. The van der Waals surface area contributed by atoms with Crippen LogP contribution in [0.4, 0.5) is 5.82 Å². The van der Waals surface area contributed by atoms with Gasteiger partial charge in [-0.1, -0.05) is 6.07 Å². The lowest BCUT2D eigenvalue weighted by atomic mass is 9.93. The molecule has 0 atom stereocenters. The average Bonchev–Trinajstić information content (AvgIpc) is 2.42. The van der Waals surface area contributed by atoms with E-state index in [1.807, 2.05) is 24.6 Å². The molecule has 2 heterocycles. The summed E-state index contributed by atoms with van der Waals surface area (Å²) in [6.07, 6.45) is 3.69. The van der Waals surface area contributed by atoms with E-state index in [1.54, 1.807) is 5.41 Å². The maximum absolute atomic E-state index is 11.9. The van der Waals surface area contributed by atoms with Crippen LogP contribution in [0.1, 0.15) is 11.5 Å². The summed E-state index contributed by atoms with van der Waals surface area (Å²) >= 11 is 1.41. The summed E-state index contributed by atoms with van der Waals surface area (Å²) in [5.41, 5.74) is 1.51. The van der Waals surface area contributed by atoms with E-state index in [1.165, 1.54) is 17.3 Å². The number of thioether (sulfide) groups is 1. The standard InChI is InChI=1S/C14H18N4OS/c1-15-12(9-20-3)14(19)17-13-5-4-10(6-16-13)11-7-18(2)8-11/h4-6,9,11H,1,7-8H2,2-3H3,(H,16,17,19)/b12-9-. The largest absolute Gasteiger partial charge is 0.305 e. The third kappa shape index (κ3) is 3.46. The van der Waals surface area contributed by atoms with Crippen LogP contribution in [0.15, 0.2) is 34.4 Å². The van der Waals surface area contributed by atoms with E-state index in [0.29, 0.717) is 17.4 Å². The number of carbonyl (C=O) groups excluding carboxylic acids is 1. The number of anilines is 1. The van der Waals surface area contributed by atoms with Crippen LogP contribution in [-0.2, 0) is 4.79 Å². The number of likely N-dealkylation sites (tertiary alicyclic amines) is 1. The number of aromatic nitrogens is 1. The first kappa shape index (κ1) is 14.7. The van der Waals surface area contributed by atoms with E-state index in [-0.39, 0.29) is 5.91 Å². The molecule has 0 bridgehead atoms. The minimum absolute atomic E-state index is 0.294. The second kappa shape index (κ2) is 6.67. The fraction of sp³-hybridized carbons (Fsp3) is 0.357. The Labute approximate surface area is 123 Å². The summed E-state index contributed by atoms with van der Waals surface area (Å²) in [7, 11) is 2.10. The van der Waals surface area contributed by atoms with Gasteiger partial charge in [-0.15, -0.1) is 11.8 Å². The molecular formula is C14H18N4OS. The first-order valence-electron chi connectivity index (χ1n) is 6.29. The van der Waals surface area contributed by atoms with Crippen LogP contribution in [-0.4, -0.2) is 48.9 Å². The molecule has 20 heavy (non-hydrogen) atoms. The number of carbonyl (C=O) groups is 1. The molecule has 1 aromatic heterocycles. The van der Waals surface area contributed by atoms with Gasteiger partial charge in [-0.2, -0.15) is 0 Å². The van der Waals surface area contributed by atoms with E-state index in [4.69, 9.17) is 0 Å². The van der Waals surface area contributed by atoms with Crippen molar-refractivity contribution in [2.24, 2.45) is 4.99 Å². The summed E-state index contributed by atoms with van der Waals surface area (Å²) in [6, 6.07) is 3.84. The van der Waals surface area contributed by atoms with Crippen molar-refractivity contribution in [3.63, 3.8) is 0 Å². The highest BCUT2D eigenvalue weighted by Crippen LogP contribution is 2.25. The average molecular weight is 290 g/mol. The normalized spacial score (nSPS) is 16.6. The van der Waals surface area contributed by atoms with Crippen molar-refractivity contribution in [2.45, 2.75) is 5.92 Å². The van der Waals surface area contributed by atoms with Crippen molar-refractivity contribution < 1.29 is 4.79 Å². The monoisotopic (exact) mass is 290 g/mol. The Balaban J connectivity index is 1.98. The minimum Gasteiger partial charge on any atom is -0.305 e. The van der Waals surface area contributed by atoms with E-state index >= 15 is 0 Å². The van der Waals surface area contributed by atoms with Gasteiger partial charge in [-0.05, 0) is 31.7 Å². The van der Waals surface area contributed by atoms with Gasteiger partial charge in [0.15, 0.2) is 0 Å². The Kier molecular flexibility index (Phi) is 4.92. The van der Waals surface area contributed by atoms with Gasteiger partial charge in [0.25, 0.3) is 5.91 Å². The molecular weight excluding hydrogens is 272 g/mol. The molecule has 0 spiro atoms. The summed E-state index contributed by atoms with van der Waals surface area (Å²) in [5.74, 6) is 0.791. The number of amides is 1. The quantitative estimate of drug-likeness (QED) is 0.665. The lowest BCUT2D eigenvalue weighted by Gasteiger charge is -2.36. The predicted octanol–water partition coefficient (Wildman–Crippen LogP) is 1.95. The van der Waals surface area contributed by atoms with E-state index < -0.39 is 0 Å². The van der Waals surface area contributed by atoms with Crippen molar-refractivity contribution in [1.29, 1.82) is 0 Å². The van der Waals surface area contributed by atoms with Crippen molar-refractivity contribution in [3.05, 3.63) is 35.0 Å². The van der Waals surface area contributed by atoms with Crippen LogP contribution in [0.2, 0.25) is 0 Å². The molecule has 2 rings (SSSR count). The smallest absolute Gasteiger partial charge is 0.275 e. The molecule has 0 radical (unpaired) electrons. The number of likely N-dealkylation sites (N-methyl/N-ethyl adjacent to an activating group) is 1. The Bertz CT molecular complexity index is 520. The fourth-order valence-corrected chi connectivity index (χ4v) is 2.49. The van der Waals surface area contributed by atoms with Gasteiger partial charge in [0.05, 0.1) is 0 Å². The highest BCUT2D eigenvalue weighted by Gasteiger charge is 2.24. The third-order valence-corrected chi connectivity index (χ3v) is 3.65. The van der Waals surface area contributed by atoms with Crippen LogP contribution in [0.5, 0.6) is 0 Å². The number of rotatable bonds is 5. The molecule has 1 aliphatic heterocycles. The summed E-state index contributed by atoms with van der Waals surface area (Å²) < 4.78 is 0. The van der Waals surface area contributed by atoms with Gasteiger partial charge in [0.2, 0.25) is 0 Å². The molecule has 1 saturated heterocycles. The van der Waals surface area contributed by atoms with Gasteiger partial charge < -0.3 is 10.2 Å². The topological polar surface area (TPSA) is 57.6 Å². The molecule has 6 heteroatoms. The van der Waals surface area contributed by atoms with Crippen LogP contribution in [0.3, 0.4) is 0 Å². The molecule has 0 unspecified atom stereocenters. The molecule has 5 nitrogen and oxygen atoms in total. The number of nitrogens with one attached hydrogen (secondary N) is 1. The first-order chi connectivity index (χ1) is 9.63. The Morgan fingerprint density at radius 3 is 2.85 bits per heavy atom. The van der Waals surface area contributed by atoms with Gasteiger partial charge >= 0.3 is 0 Å².